The average Bonchev–Trinajstić information content (AvgIpc) is 2.87. The summed E-state index contributed by atoms with van der Waals surface area (Å²) < 4.78 is 5.30. The van der Waals surface area contributed by atoms with E-state index in [-0.39, 0.29) is 5.71 Å². The van der Waals surface area contributed by atoms with Crippen molar-refractivity contribution in [3.05, 3.63) is 30.2 Å². The largest absolute Gasteiger partial charge is 0.421 e. The van der Waals surface area contributed by atoms with Gasteiger partial charge in [0.05, 0.1) is 5.69 Å². The summed E-state index contributed by atoms with van der Waals surface area (Å²) in [7, 11) is 0. The van der Waals surface area contributed by atoms with Crippen LogP contribution < -0.4 is 5.43 Å². The first-order valence-corrected chi connectivity index (χ1v) is 5.27. The van der Waals surface area contributed by atoms with E-state index in [0.29, 0.717) is 17.5 Å². The second-order valence-electron chi connectivity index (χ2n) is 3.50. The van der Waals surface area contributed by atoms with Crippen molar-refractivity contribution >= 4 is 11.4 Å². The van der Waals surface area contributed by atoms with Crippen LogP contribution in [-0.4, -0.2) is 15.9 Å². The van der Waals surface area contributed by atoms with Gasteiger partial charge in [0, 0.05) is 12.5 Å². The molecule has 92 valence electrons. The molecule has 1 aromatic heterocycles. The summed E-state index contributed by atoms with van der Waals surface area (Å²) in [6.45, 7) is 1.70. The van der Waals surface area contributed by atoms with Gasteiger partial charge in [0.2, 0.25) is 17.5 Å². The Morgan fingerprint density at radius 3 is 2.74 bits per heavy atom. The normalized spacial score (nSPS) is 9.21. The van der Waals surface area contributed by atoms with Crippen LogP contribution in [0.25, 0.3) is 11.5 Å². The Labute approximate surface area is 108 Å². The van der Waals surface area contributed by atoms with Crippen LogP contribution in [0, 0.1) is 29.6 Å². The van der Waals surface area contributed by atoms with Gasteiger partial charge < -0.3 is 4.42 Å². The Morgan fingerprint density at radius 1 is 1.32 bits per heavy atom. The number of hydrogen-bond donors (Lipinski definition) is 1. The molecule has 0 saturated heterocycles. The summed E-state index contributed by atoms with van der Waals surface area (Å²) in [6, 6.07) is 10.3. The van der Waals surface area contributed by atoms with Gasteiger partial charge in [-0.15, -0.1) is 10.2 Å². The van der Waals surface area contributed by atoms with E-state index in [0.717, 1.165) is 5.56 Å². The lowest BCUT2D eigenvalue weighted by molar-refractivity contribution is 0.533. The number of anilines is 1. The highest BCUT2D eigenvalue weighted by atomic mass is 16.4. The van der Waals surface area contributed by atoms with E-state index in [4.69, 9.17) is 14.9 Å². The molecule has 0 spiro atoms. The van der Waals surface area contributed by atoms with Gasteiger partial charge >= 0.3 is 0 Å². The highest BCUT2D eigenvalue weighted by Gasteiger charge is 2.06. The topological polar surface area (TPSA) is 111 Å². The summed E-state index contributed by atoms with van der Waals surface area (Å²) in [5, 5.41) is 28.4. The van der Waals surface area contributed by atoms with Crippen LogP contribution >= 0.6 is 0 Å². The number of nitrogens with one attached hydrogen (secondary N) is 1. The third-order valence-electron chi connectivity index (χ3n) is 2.14. The Bertz CT molecular complexity index is 687. The molecule has 0 radical (unpaired) electrons. The van der Waals surface area contributed by atoms with E-state index >= 15 is 0 Å². The zero-order valence-corrected chi connectivity index (χ0v) is 9.95. The minimum absolute atomic E-state index is 0.251. The fourth-order valence-corrected chi connectivity index (χ4v) is 1.33. The molecule has 0 atom stereocenters. The molecule has 1 N–H and O–H groups in total. The van der Waals surface area contributed by atoms with Gasteiger partial charge in [-0.2, -0.15) is 15.6 Å². The highest BCUT2D eigenvalue weighted by molar-refractivity contribution is 6.10. The third-order valence-corrected chi connectivity index (χ3v) is 2.14. The molecule has 1 heterocycles. The molecule has 0 amide bonds. The first kappa shape index (κ1) is 12.3. The molecule has 7 heteroatoms. The maximum absolute atomic E-state index is 8.56. The average molecular weight is 252 g/mol. The van der Waals surface area contributed by atoms with Gasteiger partial charge in [0.25, 0.3) is 0 Å². The predicted molar refractivity (Wildman–Crippen MR) is 66.8 cm³/mol. The number of nitrogens with zero attached hydrogens (tertiary/aromatic N) is 5. The molecule has 19 heavy (non-hydrogen) atoms. The van der Waals surface area contributed by atoms with Crippen molar-refractivity contribution in [2.24, 2.45) is 5.10 Å². The SMILES string of the molecule is Cc1nnc(-c2cccc(NN=C(C#N)C#N)c2)o1. The molecule has 0 unspecified atom stereocenters. The lowest BCUT2D eigenvalue weighted by atomic mass is 10.2. The lowest BCUT2D eigenvalue weighted by Crippen LogP contribution is -1.96. The Balaban J connectivity index is 2.24. The number of aromatic nitrogens is 2. The van der Waals surface area contributed by atoms with Crippen LogP contribution in [0.3, 0.4) is 0 Å². The van der Waals surface area contributed by atoms with Crippen molar-refractivity contribution in [1.82, 2.24) is 10.2 Å². The molecule has 7 nitrogen and oxygen atoms in total. The number of benzene rings is 1. The van der Waals surface area contributed by atoms with E-state index in [9.17, 15) is 0 Å². The van der Waals surface area contributed by atoms with Crippen molar-refractivity contribution in [2.45, 2.75) is 6.92 Å². The van der Waals surface area contributed by atoms with Crippen molar-refractivity contribution in [3.63, 3.8) is 0 Å². The Morgan fingerprint density at radius 2 is 2.11 bits per heavy atom. The summed E-state index contributed by atoms with van der Waals surface area (Å²) in [6.07, 6.45) is 0. The number of hydrogen-bond acceptors (Lipinski definition) is 7. The molecule has 2 aromatic rings. The van der Waals surface area contributed by atoms with Gasteiger partial charge in [-0.1, -0.05) is 6.07 Å². The smallest absolute Gasteiger partial charge is 0.247 e. The van der Waals surface area contributed by atoms with Crippen molar-refractivity contribution < 1.29 is 4.42 Å². The van der Waals surface area contributed by atoms with Crippen molar-refractivity contribution in [2.75, 3.05) is 5.43 Å². The molecule has 2 rings (SSSR count). The molecule has 0 aliphatic heterocycles. The second kappa shape index (κ2) is 5.43. The van der Waals surface area contributed by atoms with E-state index in [1.807, 2.05) is 0 Å². The minimum atomic E-state index is -0.251. The monoisotopic (exact) mass is 252 g/mol. The van der Waals surface area contributed by atoms with Crippen molar-refractivity contribution in [3.8, 4) is 23.6 Å². The molecule has 0 aliphatic carbocycles. The molecule has 0 bridgehead atoms. The van der Waals surface area contributed by atoms with Gasteiger partial charge in [-0.3, -0.25) is 5.43 Å². The molecule has 1 aromatic carbocycles. The molecular formula is C12H8N6O. The molecular weight excluding hydrogens is 244 g/mol. The predicted octanol–water partition coefficient (Wildman–Crippen LogP) is 1.86. The third kappa shape index (κ3) is 2.93. The number of aryl methyl sites for hydroxylation is 1. The van der Waals surface area contributed by atoms with Gasteiger partial charge in [-0.25, -0.2) is 0 Å². The summed E-state index contributed by atoms with van der Waals surface area (Å²) >= 11 is 0. The van der Waals surface area contributed by atoms with E-state index < -0.39 is 0 Å². The molecule has 0 fully saturated rings. The Kier molecular flexibility index (Phi) is 3.51. The van der Waals surface area contributed by atoms with Crippen LogP contribution in [0.4, 0.5) is 5.69 Å². The first-order valence-electron chi connectivity index (χ1n) is 5.27. The minimum Gasteiger partial charge on any atom is -0.421 e. The zero-order valence-electron chi connectivity index (χ0n) is 9.95. The van der Waals surface area contributed by atoms with Crippen LogP contribution in [0.15, 0.2) is 33.8 Å². The summed E-state index contributed by atoms with van der Waals surface area (Å²) in [5.74, 6) is 0.869. The van der Waals surface area contributed by atoms with Crippen LogP contribution in [0.2, 0.25) is 0 Å². The summed E-state index contributed by atoms with van der Waals surface area (Å²) in [5.41, 5.74) is 3.69. The van der Waals surface area contributed by atoms with Gasteiger partial charge in [-0.05, 0) is 18.2 Å². The van der Waals surface area contributed by atoms with Gasteiger partial charge in [0.1, 0.15) is 12.1 Å². The van der Waals surface area contributed by atoms with E-state index in [2.05, 4.69) is 20.7 Å². The fourth-order valence-electron chi connectivity index (χ4n) is 1.33. The standard InChI is InChI=1S/C12H8N6O/c1-8-15-18-12(19-8)9-3-2-4-10(5-9)16-17-11(6-13)7-14/h2-5,16H,1H3. The quantitative estimate of drug-likeness (QED) is 0.659. The number of nitriles is 2. The van der Waals surface area contributed by atoms with E-state index in [1.165, 1.54) is 0 Å². The lowest BCUT2D eigenvalue weighted by Gasteiger charge is -2.01. The van der Waals surface area contributed by atoms with Crippen molar-refractivity contribution in [1.29, 1.82) is 10.5 Å². The highest BCUT2D eigenvalue weighted by Crippen LogP contribution is 2.21. The maximum atomic E-state index is 8.56. The van der Waals surface area contributed by atoms with Crippen LogP contribution in [0.1, 0.15) is 5.89 Å². The fraction of sp³-hybridized carbons (Fsp3) is 0.0833. The second-order valence-corrected chi connectivity index (χ2v) is 3.50. The van der Waals surface area contributed by atoms with Crippen LogP contribution in [0.5, 0.6) is 0 Å². The van der Waals surface area contributed by atoms with Crippen LogP contribution in [-0.2, 0) is 0 Å². The Hall–Kier alpha value is -3.19. The molecule has 0 saturated carbocycles. The zero-order chi connectivity index (χ0) is 13.7. The first-order chi connectivity index (χ1) is 9.22. The number of rotatable bonds is 3. The van der Waals surface area contributed by atoms with Gasteiger partial charge in [0.15, 0.2) is 0 Å². The summed E-state index contributed by atoms with van der Waals surface area (Å²) in [4.78, 5) is 0. The molecule has 0 aliphatic rings. The number of hydrazone groups is 1. The van der Waals surface area contributed by atoms with E-state index in [1.54, 1.807) is 43.3 Å². The maximum Gasteiger partial charge on any atom is 0.247 e.